The lowest BCUT2D eigenvalue weighted by atomic mass is 10.1. The second kappa shape index (κ2) is 8.81. The number of aromatic nitrogens is 4. The number of aromatic amines is 1. The molecule has 0 bridgehead atoms. The molecular weight excluding hydrogens is 461 g/mol. The highest BCUT2D eigenvalue weighted by Gasteiger charge is 2.34. The average molecular weight is 483 g/mol. The van der Waals surface area contributed by atoms with Crippen LogP contribution in [0.15, 0.2) is 35.3 Å². The highest BCUT2D eigenvalue weighted by Crippen LogP contribution is 2.34. The fourth-order valence-electron chi connectivity index (χ4n) is 3.97. The Bertz CT molecular complexity index is 1220. The van der Waals surface area contributed by atoms with E-state index in [1.165, 1.54) is 23.2 Å². The number of halogens is 4. The van der Waals surface area contributed by atoms with Crippen LogP contribution in [0.2, 0.25) is 5.02 Å². The van der Waals surface area contributed by atoms with Gasteiger partial charge in [0.2, 0.25) is 0 Å². The summed E-state index contributed by atoms with van der Waals surface area (Å²) >= 11 is 6.15. The number of hydrogen-bond acceptors (Lipinski definition) is 6. The van der Waals surface area contributed by atoms with E-state index in [0.29, 0.717) is 24.3 Å². The Hall–Kier alpha value is -2.89. The minimum Gasteiger partial charge on any atom is -0.371 e. The molecule has 176 valence electrons. The molecule has 0 amide bonds. The standard InChI is InChI=1S/C21H22ClF3N6O2/c1-29(2)20(33)18-27-14-11-30(16-9-26-28-19(32)17(16)22)8-7-15(14)31(18)10-12-5-3-4-6-13(12)21(23,24)25/h3-6,9,20,33H,7-8,10-11H2,1-2H3,(H,28,32). The molecule has 3 heterocycles. The third kappa shape index (κ3) is 4.48. The molecule has 12 heteroatoms. The van der Waals surface area contributed by atoms with Gasteiger partial charge >= 0.3 is 6.18 Å². The van der Waals surface area contributed by atoms with E-state index in [1.54, 1.807) is 24.7 Å². The average Bonchev–Trinajstić information content (AvgIpc) is 3.12. The van der Waals surface area contributed by atoms with Gasteiger partial charge in [-0.15, -0.1) is 0 Å². The summed E-state index contributed by atoms with van der Waals surface area (Å²) in [7, 11) is 3.31. The summed E-state index contributed by atoms with van der Waals surface area (Å²) in [5, 5.41) is 16.8. The molecule has 4 rings (SSSR count). The number of hydrogen-bond donors (Lipinski definition) is 2. The number of aliphatic hydroxyl groups excluding tert-OH is 1. The minimum atomic E-state index is -4.50. The topological polar surface area (TPSA) is 90.3 Å². The van der Waals surface area contributed by atoms with Crippen molar-refractivity contribution in [2.75, 3.05) is 25.5 Å². The van der Waals surface area contributed by atoms with E-state index in [-0.39, 0.29) is 29.5 Å². The van der Waals surface area contributed by atoms with E-state index in [9.17, 15) is 23.1 Å². The maximum absolute atomic E-state index is 13.6. The summed E-state index contributed by atoms with van der Waals surface area (Å²) in [5.41, 5.74) is 0.611. The molecule has 1 unspecified atom stereocenters. The van der Waals surface area contributed by atoms with Gasteiger partial charge in [0.1, 0.15) is 5.02 Å². The SMILES string of the molecule is CN(C)C(O)c1nc2c(n1Cc1ccccc1C(F)(F)F)CCN(c1cn[nH]c(=O)c1Cl)C2. The summed E-state index contributed by atoms with van der Waals surface area (Å²) < 4.78 is 42.4. The largest absolute Gasteiger partial charge is 0.416 e. The Balaban J connectivity index is 1.76. The molecule has 1 aliphatic heterocycles. The number of fused-ring (bicyclic) bond motifs is 1. The number of imidazole rings is 1. The second-order valence-corrected chi connectivity index (χ2v) is 8.39. The monoisotopic (exact) mass is 482 g/mol. The van der Waals surface area contributed by atoms with Crippen LogP contribution in [0.3, 0.4) is 0 Å². The van der Waals surface area contributed by atoms with E-state index >= 15 is 0 Å². The maximum Gasteiger partial charge on any atom is 0.416 e. The van der Waals surface area contributed by atoms with Gasteiger partial charge in [0.05, 0.1) is 29.7 Å². The highest BCUT2D eigenvalue weighted by molar-refractivity contribution is 6.32. The number of anilines is 1. The van der Waals surface area contributed by atoms with Crippen LogP contribution in [0, 0.1) is 0 Å². The minimum absolute atomic E-state index is 0.000497. The van der Waals surface area contributed by atoms with Gasteiger partial charge in [0.15, 0.2) is 12.1 Å². The molecule has 2 N–H and O–H groups in total. The van der Waals surface area contributed by atoms with Crippen molar-refractivity contribution in [1.29, 1.82) is 0 Å². The second-order valence-electron chi connectivity index (χ2n) is 8.01. The van der Waals surface area contributed by atoms with Crippen LogP contribution in [0.25, 0.3) is 0 Å². The van der Waals surface area contributed by atoms with E-state index in [4.69, 9.17) is 11.6 Å². The van der Waals surface area contributed by atoms with Crippen molar-refractivity contribution in [1.82, 2.24) is 24.6 Å². The van der Waals surface area contributed by atoms with E-state index in [2.05, 4.69) is 15.2 Å². The van der Waals surface area contributed by atoms with Gasteiger partial charge in [-0.05, 0) is 25.7 Å². The van der Waals surface area contributed by atoms with Crippen molar-refractivity contribution in [2.45, 2.75) is 31.9 Å². The first-order valence-corrected chi connectivity index (χ1v) is 10.5. The molecule has 8 nitrogen and oxygen atoms in total. The predicted molar refractivity (Wildman–Crippen MR) is 116 cm³/mol. The molecule has 3 aromatic rings. The number of rotatable bonds is 5. The zero-order chi connectivity index (χ0) is 23.9. The van der Waals surface area contributed by atoms with Gasteiger partial charge in [0.25, 0.3) is 5.56 Å². The van der Waals surface area contributed by atoms with Gasteiger partial charge in [-0.2, -0.15) is 18.3 Å². The van der Waals surface area contributed by atoms with Gasteiger partial charge in [0, 0.05) is 25.2 Å². The van der Waals surface area contributed by atoms with E-state index < -0.39 is 23.5 Å². The molecule has 33 heavy (non-hydrogen) atoms. The third-order valence-corrected chi connectivity index (χ3v) is 6.00. The molecule has 1 aliphatic rings. The lowest BCUT2D eigenvalue weighted by Crippen LogP contribution is -2.33. The normalized spacial score (nSPS) is 15.1. The van der Waals surface area contributed by atoms with Gasteiger partial charge < -0.3 is 14.6 Å². The van der Waals surface area contributed by atoms with Crippen LogP contribution < -0.4 is 10.5 Å². The van der Waals surface area contributed by atoms with Gasteiger partial charge in [-0.3, -0.25) is 9.69 Å². The Kier molecular flexibility index (Phi) is 6.21. The van der Waals surface area contributed by atoms with Crippen molar-refractivity contribution >= 4 is 17.3 Å². The molecule has 0 saturated heterocycles. The first-order valence-electron chi connectivity index (χ1n) is 10.1. The first-order chi connectivity index (χ1) is 15.6. The summed E-state index contributed by atoms with van der Waals surface area (Å²) in [6.45, 7) is 0.620. The summed E-state index contributed by atoms with van der Waals surface area (Å²) in [6.07, 6.45) is -3.74. The molecule has 2 aromatic heterocycles. The molecule has 0 fully saturated rings. The lowest BCUT2D eigenvalue weighted by molar-refractivity contribution is -0.138. The molecule has 0 spiro atoms. The first kappa shape index (κ1) is 23.3. The number of nitrogens with zero attached hydrogens (tertiary/aromatic N) is 5. The van der Waals surface area contributed by atoms with Crippen LogP contribution in [0.5, 0.6) is 0 Å². The number of nitrogens with one attached hydrogen (secondary N) is 1. The van der Waals surface area contributed by atoms with Crippen LogP contribution in [-0.2, 0) is 25.7 Å². The number of H-pyrrole nitrogens is 1. The molecule has 1 aromatic carbocycles. The lowest BCUT2D eigenvalue weighted by Gasteiger charge is -2.29. The zero-order valence-corrected chi connectivity index (χ0v) is 18.7. The van der Waals surface area contributed by atoms with Crippen LogP contribution >= 0.6 is 11.6 Å². The quantitative estimate of drug-likeness (QED) is 0.544. The van der Waals surface area contributed by atoms with Crippen LogP contribution in [-0.4, -0.2) is 50.4 Å². The van der Waals surface area contributed by atoms with Crippen molar-refractivity contribution in [3.05, 3.63) is 74.2 Å². The molecule has 0 radical (unpaired) electrons. The molecule has 1 atom stereocenters. The Morgan fingerprint density at radius 2 is 2.03 bits per heavy atom. The Morgan fingerprint density at radius 1 is 1.30 bits per heavy atom. The predicted octanol–water partition coefficient (Wildman–Crippen LogP) is 2.80. The van der Waals surface area contributed by atoms with Crippen molar-refractivity contribution in [3.63, 3.8) is 0 Å². The van der Waals surface area contributed by atoms with Crippen LogP contribution in [0.4, 0.5) is 18.9 Å². The van der Waals surface area contributed by atoms with E-state index in [1.807, 2.05) is 4.90 Å². The smallest absolute Gasteiger partial charge is 0.371 e. The molecule has 0 saturated carbocycles. The summed E-state index contributed by atoms with van der Waals surface area (Å²) in [6, 6.07) is 5.38. The van der Waals surface area contributed by atoms with Crippen LogP contribution in [0.1, 0.15) is 34.6 Å². The molecule has 0 aliphatic carbocycles. The summed E-state index contributed by atoms with van der Waals surface area (Å²) in [5.74, 6) is 0.249. The van der Waals surface area contributed by atoms with E-state index in [0.717, 1.165) is 11.8 Å². The number of benzene rings is 1. The number of aliphatic hydroxyl groups is 1. The van der Waals surface area contributed by atoms with Gasteiger partial charge in [-0.1, -0.05) is 29.8 Å². The molecular formula is C21H22ClF3N6O2. The third-order valence-electron chi connectivity index (χ3n) is 5.63. The highest BCUT2D eigenvalue weighted by atomic mass is 35.5. The zero-order valence-electron chi connectivity index (χ0n) is 17.9. The maximum atomic E-state index is 13.6. The van der Waals surface area contributed by atoms with Crippen molar-refractivity contribution in [3.8, 4) is 0 Å². The van der Waals surface area contributed by atoms with Gasteiger partial charge in [-0.25, -0.2) is 10.1 Å². The van der Waals surface area contributed by atoms with Crippen molar-refractivity contribution < 1.29 is 18.3 Å². The fraction of sp³-hybridized carbons (Fsp3) is 0.381. The Morgan fingerprint density at radius 3 is 2.73 bits per heavy atom. The fourth-order valence-corrected chi connectivity index (χ4v) is 4.18. The van der Waals surface area contributed by atoms with Crippen molar-refractivity contribution in [2.24, 2.45) is 0 Å². The summed E-state index contributed by atoms with van der Waals surface area (Å²) in [4.78, 5) is 19.8. The Labute approximate surface area is 192 Å². The number of alkyl halides is 3.